The lowest BCUT2D eigenvalue weighted by Crippen LogP contribution is -2.24. The van der Waals surface area contributed by atoms with Gasteiger partial charge in [-0.3, -0.25) is 4.79 Å². The molecule has 0 fully saturated rings. The Kier molecular flexibility index (Phi) is 5.14. The zero-order valence-electron chi connectivity index (χ0n) is 7.88. The van der Waals surface area contributed by atoms with Crippen LogP contribution in [0.5, 0.6) is 0 Å². The second-order valence-corrected chi connectivity index (χ2v) is 4.96. The number of thiophene rings is 1. The van der Waals surface area contributed by atoms with Gasteiger partial charge in [-0.05, 0) is 39.9 Å². The summed E-state index contributed by atoms with van der Waals surface area (Å²) in [5.74, 6) is -0.207. The second-order valence-electron chi connectivity index (χ2n) is 2.67. The summed E-state index contributed by atoms with van der Waals surface area (Å²) in [5, 5.41) is 5.05. The quantitative estimate of drug-likeness (QED) is 0.839. The number of esters is 1. The van der Waals surface area contributed by atoms with Crippen molar-refractivity contribution in [1.82, 2.24) is 5.32 Å². The van der Waals surface area contributed by atoms with Crippen molar-refractivity contribution < 1.29 is 9.53 Å². The lowest BCUT2D eigenvalue weighted by Gasteiger charge is -2.02. The van der Waals surface area contributed by atoms with E-state index in [-0.39, 0.29) is 12.5 Å². The molecular weight excluding hydrogens is 266 g/mol. The molecule has 0 radical (unpaired) electrons. The average molecular weight is 278 g/mol. The third-order valence-electron chi connectivity index (χ3n) is 1.53. The van der Waals surface area contributed by atoms with Gasteiger partial charge in [0.15, 0.2) is 0 Å². The molecule has 0 aliphatic carbocycles. The summed E-state index contributed by atoms with van der Waals surface area (Å²) in [4.78, 5) is 10.9. The van der Waals surface area contributed by atoms with Crippen molar-refractivity contribution in [1.29, 1.82) is 0 Å². The van der Waals surface area contributed by atoms with Crippen molar-refractivity contribution in [2.75, 3.05) is 13.2 Å². The molecule has 0 amide bonds. The third kappa shape index (κ3) is 4.21. The lowest BCUT2D eigenvalue weighted by molar-refractivity contribution is -0.142. The molecule has 1 heterocycles. The van der Waals surface area contributed by atoms with E-state index in [9.17, 15) is 4.79 Å². The van der Waals surface area contributed by atoms with E-state index in [1.54, 1.807) is 18.3 Å². The molecule has 0 saturated carbocycles. The van der Waals surface area contributed by atoms with E-state index in [1.807, 2.05) is 11.4 Å². The second kappa shape index (κ2) is 6.16. The molecule has 0 saturated heterocycles. The highest BCUT2D eigenvalue weighted by Gasteiger charge is 2.01. The predicted molar refractivity (Wildman–Crippen MR) is 60.4 cm³/mol. The maximum absolute atomic E-state index is 10.9. The van der Waals surface area contributed by atoms with Gasteiger partial charge in [-0.15, -0.1) is 11.3 Å². The molecule has 0 aliphatic heterocycles. The molecule has 0 atom stereocenters. The highest BCUT2D eigenvalue weighted by molar-refractivity contribution is 9.11. The monoisotopic (exact) mass is 277 g/mol. The van der Waals surface area contributed by atoms with Crippen LogP contribution in [-0.4, -0.2) is 19.1 Å². The van der Waals surface area contributed by atoms with E-state index >= 15 is 0 Å². The fraction of sp³-hybridized carbons (Fsp3) is 0.444. The number of hydrogen-bond donors (Lipinski definition) is 1. The van der Waals surface area contributed by atoms with Crippen LogP contribution in [0.25, 0.3) is 0 Å². The van der Waals surface area contributed by atoms with E-state index < -0.39 is 0 Å². The normalized spacial score (nSPS) is 10.1. The van der Waals surface area contributed by atoms with Gasteiger partial charge in [0, 0.05) is 6.54 Å². The van der Waals surface area contributed by atoms with Crippen LogP contribution in [-0.2, 0) is 16.1 Å². The molecule has 1 aromatic heterocycles. The van der Waals surface area contributed by atoms with E-state index in [1.165, 1.54) is 5.56 Å². The number of halogens is 1. The zero-order valence-corrected chi connectivity index (χ0v) is 10.3. The first-order chi connectivity index (χ1) is 6.72. The lowest BCUT2D eigenvalue weighted by atomic mass is 10.3. The van der Waals surface area contributed by atoms with Crippen LogP contribution in [0.2, 0.25) is 0 Å². The Labute approximate surface area is 95.6 Å². The summed E-state index contributed by atoms with van der Waals surface area (Å²) in [5.41, 5.74) is 1.17. The molecule has 0 aliphatic rings. The minimum absolute atomic E-state index is 0.207. The number of hydrogen-bond acceptors (Lipinski definition) is 4. The summed E-state index contributed by atoms with van der Waals surface area (Å²) in [7, 11) is 0. The smallest absolute Gasteiger partial charge is 0.319 e. The van der Waals surface area contributed by atoms with Gasteiger partial charge >= 0.3 is 5.97 Å². The van der Waals surface area contributed by atoms with Crippen LogP contribution < -0.4 is 5.32 Å². The largest absolute Gasteiger partial charge is 0.465 e. The molecule has 1 N–H and O–H groups in total. The minimum atomic E-state index is -0.207. The van der Waals surface area contributed by atoms with Gasteiger partial charge in [-0.2, -0.15) is 0 Å². The van der Waals surface area contributed by atoms with E-state index in [4.69, 9.17) is 4.74 Å². The van der Waals surface area contributed by atoms with E-state index in [0.29, 0.717) is 13.2 Å². The Bertz CT molecular complexity index is 301. The van der Waals surface area contributed by atoms with Crippen molar-refractivity contribution in [2.24, 2.45) is 0 Å². The minimum Gasteiger partial charge on any atom is -0.465 e. The molecule has 0 unspecified atom stereocenters. The van der Waals surface area contributed by atoms with Crippen LogP contribution in [0, 0.1) is 0 Å². The highest BCUT2D eigenvalue weighted by atomic mass is 79.9. The van der Waals surface area contributed by atoms with Gasteiger partial charge in [0.25, 0.3) is 0 Å². The predicted octanol–water partition coefficient (Wildman–Crippen LogP) is 2.16. The first-order valence-corrected chi connectivity index (χ1v) is 5.99. The standard InChI is InChI=1S/C9H12BrNO2S/c1-2-13-9(12)5-11-4-7-3-8(10)14-6-7/h3,6,11H,2,4-5H2,1H3. The van der Waals surface area contributed by atoms with Crippen molar-refractivity contribution in [3.8, 4) is 0 Å². The molecular formula is C9H12BrNO2S. The highest BCUT2D eigenvalue weighted by Crippen LogP contribution is 2.20. The Hall–Kier alpha value is -0.390. The molecule has 1 rings (SSSR count). The number of nitrogens with one attached hydrogen (secondary N) is 1. The van der Waals surface area contributed by atoms with Gasteiger partial charge < -0.3 is 10.1 Å². The van der Waals surface area contributed by atoms with E-state index in [2.05, 4.69) is 21.2 Å². The Balaban J connectivity index is 2.18. The molecule has 3 nitrogen and oxygen atoms in total. The SMILES string of the molecule is CCOC(=O)CNCc1csc(Br)c1. The van der Waals surface area contributed by atoms with Crippen LogP contribution in [0.4, 0.5) is 0 Å². The zero-order chi connectivity index (χ0) is 10.4. The molecule has 1 aromatic rings. The summed E-state index contributed by atoms with van der Waals surface area (Å²) in [6.07, 6.45) is 0. The Morgan fingerprint density at radius 3 is 3.07 bits per heavy atom. The van der Waals surface area contributed by atoms with E-state index in [0.717, 1.165) is 3.79 Å². The van der Waals surface area contributed by atoms with Crippen molar-refractivity contribution in [3.05, 3.63) is 20.8 Å². The van der Waals surface area contributed by atoms with Crippen molar-refractivity contribution >= 4 is 33.2 Å². The van der Waals surface area contributed by atoms with Gasteiger partial charge in [-0.1, -0.05) is 0 Å². The Morgan fingerprint density at radius 2 is 2.50 bits per heavy atom. The summed E-state index contributed by atoms with van der Waals surface area (Å²) >= 11 is 5.01. The van der Waals surface area contributed by atoms with Crippen LogP contribution in [0.1, 0.15) is 12.5 Å². The first-order valence-electron chi connectivity index (χ1n) is 4.31. The topological polar surface area (TPSA) is 38.3 Å². The van der Waals surface area contributed by atoms with Crippen molar-refractivity contribution in [3.63, 3.8) is 0 Å². The molecule has 78 valence electrons. The third-order valence-corrected chi connectivity index (χ3v) is 3.08. The fourth-order valence-corrected chi connectivity index (χ4v) is 2.17. The molecule has 5 heteroatoms. The maximum atomic E-state index is 10.9. The molecule has 0 spiro atoms. The van der Waals surface area contributed by atoms with Gasteiger partial charge in [0.05, 0.1) is 16.9 Å². The number of carbonyl (C=O) groups excluding carboxylic acids is 1. The maximum Gasteiger partial charge on any atom is 0.319 e. The number of carbonyl (C=O) groups is 1. The first kappa shape index (κ1) is 11.7. The molecule has 0 aromatic carbocycles. The van der Waals surface area contributed by atoms with Crippen LogP contribution in [0.15, 0.2) is 15.2 Å². The van der Waals surface area contributed by atoms with Crippen LogP contribution >= 0.6 is 27.3 Å². The Morgan fingerprint density at radius 1 is 1.71 bits per heavy atom. The molecule has 0 bridgehead atoms. The number of ether oxygens (including phenoxy) is 1. The van der Waals surface area contributed by atoms with Gasteiger partial charge in [0.2, 0.25) is 0 Å². The average Bonchev–Trinajstić information content (AvgIpc) is 2.52. The van der Waals surface area contributed by atoms with Crippen LogP contribution in [0.3, 0.4) is 0 Å². The fourth-order valence-electron chi connectivity index (χ4n) is 0.959. The number of rotatable bonds is 5. The molecule has 14 heavy (non-hydrogen) atoms. The summed E-state index contributed by atoms with van der Waals surface area (Å²) < 4.78 is 5.88. The van der Waals surface area contributed by atoms with Gasteiger partial charge in [0.1, 0.15) is 0 Å². The summed E-state index contributed by atoms with van der Waals surface area (Å²) in [6.45, 7) is 3.20. The summed E-state index contributed by atoms with van der Waals surface area (Å²) in [6, 6.07) is 2.03. The van der Waals surface area contributed by atoms with Crippen molar-refractivity contribution in [2.45, 2.75) is 13.5 Å². The van der Waals surface area contributed by atoms with Gasteiger partial charge in [-0.25, -0.2) is 0 Å².